The fraction of sp³-hybridized carbons (Fsp3) is 0.565. The maximum Gasteiger partial charge on any atom is 0.263 e. The molecule has 1 aromatic heterocycles. The first-order valence-electron chi connectivity index (χ1n) is 10.4. The van der Waals surface area contributed by atoms with Gasteiger partial charge < -0.3 is 15.2 Å². The summed E-state index contributed by atoms with van der Waals surface area (Å²) in [5.41, 5.74) is 2.86. The average Bonchev–Trinajstić information content (AvgIpc) is 3.11. The molecule has 2 bridgehead atoms. The minimum Gasteiger partial charge on any atom is -0.390 e. The molecule has 0 aliphatic carbocycles. The molecular weight excluding hydrogens is 384 g/mol. The highest BCUT2D eigenvalue weighted by molar-refractivity contribution is 7.11. The molecule has 5 atom stereocenters. The summed E-state index contributed by atoms with van der Waals surface area (Å²) in [7, 11) is 0. The van der Waals surface area contributed by atoms with E-state index < -0.39 is 11.7 Å². The molecule has 0 spiro atoms. The molecule has 2 aromatic rings. The standard InChI is InChI=1S/C23H30N2O3S/c1-15-19(29-14-25-15)21(27)24-13-17-9-10-22(2)11-18(16-7-5-4-6-8-16)12-23(3,28-22)20(17)26/h4-8,14,17-18,20,26H,9-13H2,1-3H3,(H,24,27)/t17-,18-,20-,22-,23-/m0/s1. The van der Waals surface area contributed by atoms with E-state index in [-0.39, 0.29) is 17.4 Å². The minimum absolute atomic E-state index is 0.0338. The normalized spacial score (nSPS) is 34.4. The van der Waals surface area contributed by atoms with Crippen molar-refractivity contribution in [3.63, 3.8) is 0 Å². The number of nitrogens with one attached hydrogen (secondary N) is 1. The number of aliphatic hydroxyl groups is 1. The van der Waals surface area contributed by atoms with Gasteiger partial charge in [0.1, 0.15) is 4.88 Å². The predicted molar refractivity (Wildman–Crippen MR) is 114 cm³/mol. The maximum absolute atomic E-state index is 12.5. The molecule has 1 aromatic carbocycles. The number of carbonyl (C=O) groups is 1. The van der Waals surface area contributed by atoms with E-state index in [0.717, 1.165) is 31.4 Å². The van der Waals surface area contributed by atoms with Crippen LogP contribution in [0.4, 0.5) is 0 Å². The molecule has 1 amide bonds. The van der Waals surface area contributed by atoms with Gasteiger partial charge in [0, 0.05) is 12.5 Å². The molecule has 2 N–H and O–H groups in total. The number of ether oxygens (including phenoxy) is 1. The summed E-state index contributed by atoms with van der Waals surface area (Å²) in [6, 6.07) is 10.6. The Balaban J connectivity index is 1.50. The number of aromatic nitrogens is 1. The van der Waals surface area contributed by atoms with Crippen LogP contribution in [0.25, 0.3) is 0 Å². The van der Waals surface area contributed by atoms with Crippen LogP contribution in [-0.4, -0.2) is 39.8 Å². The van der Waals surface area contributed by atoms with Gasteiger partial charge in [0.2, 0.25) is 0 Å². The Labute approximate surface area is 176 Å². The topological polar surface area (TPSA) is 71.5 Å². The van der Waals surface area contributed by atoms with Crippen LogP contribution >= 0.6 is 11.3 Å². The van der Waals surface area contributed by atoms with E-state index in [9.17, 15) is 9.90 Å². The van der Waals surface area contributed by atoms with E-state index in [2.05, 4.69) is 41.5 Å². The number of benzene rings is 1. The molecule has 4 rings (SSSR count). The zero-order chi connectivity index (χ0) is 20.6. The van der Waals surface area contributed by atoms with Gasteiger partial charge in [-0.15, -0.1) is 11.3 Å². The second-order valence-corrected chi connectivity index (χ2v) is 9.96. The van der Waals surface area contributed by atoms with Gasteiger partial charge in [-0.05, 0) is 57.9 Å². The summed E-state index contributed by atoms with van der Waals surface area (Å²) in [6.45, 7) is 6.50. The van der Waals surface area contributed by atoms with Crippen molar-refractivity contribution in [3.05, 3.63) is 52.0 Å². The predicted octanol–water partition coefficient (Wildman–Crippen LogP) is 4.06. The Kier molecular flexibility index (Phi) is 5.53. The van der Waals surface area contributed by atoms with Crippen molar-refractivity contribution in [2.75, 3.05) is 6.54 Å². The Bertz CT molecular complexity index is 870. The number of nitrogens with zero attached hydrogens (tertiary/aromatic N) is 1. The van der Waals surface area contributed by atoms with Gasteiger partial charge in [-0.2, -0.15) is 0 Å². The molecule has 2 saturated heterocycles. The van der Waals surface area contributed by atoms with Gasteiger partial charge in [-0.3, -0.25) is 4.79 Å². The summed E-state index contributed by atoms with van der Waals surface area (Å²) in [5.74, 6) is 0.222. The monoisotopic (exact) mass is 414 g/mol. The lowest BCUT2D eigenvalue weighted by Gasteiger charge is -2.49. The molecule has 5 nitrogen and oxygen atoms in total. The first kappa shape index (κ1) is 20.5. The van der Waals surface area contributed by atoms with E-state index >= 15 is 0 Å². The highest BCUT2D eigenvalue weighted by atomic mass is 32.1. The number of thiazole rings is 1. The SMILES string of the molecule is Cc1ncsc1C(=O)NC[C@@H]1CC[C@@]2(C)C[C@H](c3ccccc3)C[C@](C)(O2)[C@H]1O. The van der Waals surface area contributed by atoms with E-state index in [4.69, 9.17) is 4.74 Å². The summed E-state index contributed by atoms with van der Waals surface area (Å²) in [4.78, 5) is 17.3. The highest BCUT2D eigenvalue weighted by Gasteiger charge is 2.52. The fourth-order valence-corrected chi connectivity index (χ4v) is 5.93. The van der Waals surface area contributed by atoms with E-state index in [1.165, 1.54) is 16.9 Å². The first-order chi connectivity index (χ1) is 13.8. The number of amides is 1. The van der Waals surface area contributed by atoms with Gasteiger partial charge in [-0.1, -0.05) is 30.3 Å². The lowest BCUT2D eigenvalue weighted by atomic mass is 9.74. The third-order valence-electron chi connectivity index (χ3n) is 6.67. The molecule has 0 saturated carbocycles. The first-order valence-corrected chi connectivity index (χ1v) is 11.3. The number of aryl methyl sites for hydroxylation is 1. The van der Waals surface area contributed by atoms with Crippen LogP contribution < -0.4 is 5.32 Å². The molecule has 2 aliphatic heterocycles. The lowest BCUT2D eigenvalue weighted by Crippen LogP contribution is -2.54. The Morgan fingerprint density at radius 3 is 2.76 bits per heavy atom. The van der Waals surface area contributed by atoms with Crippen LogP contribution in [0.15, 0.2) is 35.8 Å². The van der Waals surface area contributed by atoms with Crippen molar-refractivity contribution >= 4 is 17.2 Å². The lowest BCUT2D eigenvalue weighted by molar-refractivity contribution is -0.215. The second-order valence-electron chi connectivity index (χ2n) is 9.10. The summed E-state index contributed by atoms with van der Waals surface area (Å²) in [5, 5.41) is 14.3. The molecule has 6 heteroatoms. The van der Waals surface area contributed by atoms with E-state index in [0.29, 0.717) is 17.3 Å². The van der Waals surface area contributed by atoms with Gasteiger partial charge >= 0.3 is 0 Å². The van der Waals surface area contributed by atoms with Crippen molar-refractivity contribution < 1.29 is 14.6 Å². The van der Waals surface area contributed by atoms with Crippen molar-refractivity contribution in [1.29, 1.82) is 0 Å². The smallest absolute Gasteiger partial charge is 0.263 e. The van der Waals surface area contributed by atoms with Crippen LogP contribution in [0, 0.1) is 12.8 Å². The Morgan fingerprint density at radius 1 is 1.31 bits per heavy atom. The van der Waals surface area contributed by atoms with Crippen LogP contribution in [-0.2, 0) is 4.74 Å². The molecule has 29 heavy (non-hydrogen) atoms. The zero-order valence-electron chi connectivity index (χ0n) is 17.4. The maximum atomic E-state index is 12.5. The highest BCUT2D eigenvalue weighted by Crippen LogP contribution is 2.50. The van der Waals surface area contributed by atoms with E-state index in [1.54, 1.807) is 5.51 Å². The number of rotatable bonds is 4. The molecule has 3 heterocycles. The van der Waals surface area contributed by atoms with Crippen LogP contribution in [0.2, 0.25) is 0 Å². The third kappa shape index (κ3) is 4.11. The Morgan fingerprint density at radius 2 is 2.07 bits per heavy atom. The number of carbonyl (C=O) groups excluding carboxylic acids is 1. The average molecular weight is 415 g/mol. The largest absolute Gasteiger partial charge is 0.390 e. The summed E-state index contributed by atoms with van der Waals surface area (Å²) in [6.07, 6.45) is 2.82. The molecule has 156 valence electrons. The summed E-state index contributed by atoms with van der Waals surface area (Å²) >= 11 is 1.35. The van der Waals surface area contributed by atoms with Gasteiger partial charge in [0.05, 0.1) is 28.5 Å². The van der Waals surface area contributed by atoms with Crippen molar-refractivity contribution in [2.24, 2.45) is 5.92 Å². The number of fused-ring (bicyclic) bond motifs is 2. The number of hydrogen-bond donors (Lipinski definition) is 2. The molecule has 2 fully saturated rings. The van der Waals surface area contributed by atoms with Crippen molar-refractivity contribution in [1.82, 2.24) is 10.3 Å². The van der Waals surface area contributed by atoms with Gasteiger partial charge in [-0.25, -0.2) is 4.98 Å². The zero-order valence-corrected chi connectivity index (χ0v) is 18.2. The molecule has 0 radical (unpaired) electrons. The molecule has 0 unspecified atom stereocenters. The van der Waals surface area contributed by atoms with Crippen LogP contribution in [0.3, 0.4) is 0 Å². The van der Waals surface area contributed by atoms with Crippen molar-refractivity contribution in [2.45, 2.75) is 69.7 Å². The van der Waals surface area contributed by atoms with Crippen LogP contribution in [0.5, 0.6) is 0 Å². The third-order valence-corrected chi connectivity index (χ3v) is 7.60. The summed E-state index contributed by atoms with van der Waals surface area (Å²) < 4.78 is 6.54. The van der Waals surface area contributed by atoms with Crippen LogP contribution in [0.1, 0.15) is 66.4 Å². The van der Waals surface area contributed by atoms with Gasteiger partial charge in [0.15, 0.2) is 0 Å². The van der Waals surface area contributed by atoms with Gasteiger partial charge in [0.25, 0.3) is 5.91 Å². The number of aliphatic hydroxyl groups excluding tert-OH is 1. The molecular formula is C23H30N2O3S. The second kappa shape index (κ2) is 7.82. The van der Waals surface area contributed by atoms with Crippen molar-refractivity contribution in [3.8, 4) is 0 Å². The number of hydrogen-bond acceptors (Lipinski definition) is 5. The Hall–Kier alpha value is -1.76. The molecule has 2 aliphatic rings. The minimum atomic E-state index is -0.626. The fourth-order valence-electron chi connectivity index (χ4n) is 5.21. The quantitative estimate of drug-likeness (QED) is 0.791. The van der Waals surface area contributed by atoms with E-state index in [1.807, 2.05) is 19.9 Å².